The van der Waals surface area contributed by atoms with Crippen LogP contribution in [0.15, 0.2) is 94.9 Å². The zero-order valence-corrected chi connectivity index (χ0v) is 20.3. The van der Waals surface area contributed by atoms with Gasteiger partial charge in [-0.05, 0) is 37.1 Å². The average Bonchev–Trinajstić information content (AvgIpc) is 3.31. The van der Waals surface area contributed by atoms with Gasteiger partial charge in [0.25, 0.3) is 5.56 Å². The molecule has 176 valence electrons. The Morgan fingerprint density at radius 2 is 1.57 bits per heavy atom. The molecular weight excluding hydrogens is 458 g/mol. The highest BCUT2D eigenvalue weighted by Gasteiger charge is 2.22. The Morgan fingerprint density at radius 3 is 2.31 bits per heavy atom. The molecule has 0 aliphatic heterocycles. The number of aromatic nitrogens is 4. The number of hydrogen-bond acceptors (Lipinski definition) is 5. The Balaban J connectivity index is 1.49. The lowest BCUT2D eigenvalue weighted by molar-refractivity contribution is -0.120. The third kappa shape index (κ3) is 4.57. The third-order valence-electron chi connectivity index (χ3n) is 5.97. The van der Waals surface area contributed by atoms with Crippen LogP contribution >= 0.6 is 11.8 Å². The van der Waals surface area contributed by atoms with Gasteiger partial charge in [-0.15, -0.1) is 10.2 Å². The Hall–Kier alpha value is -3.91. The molecule has 5 aromatic rings. The van der Waals surface area contributed by atoms with E-state index in [-0.39, 0.29) is 17.5 Å². The highest BCUT2D eigenvalue weighted by Crippen LogP contribution is 2.26. The third-order valence-corrected chi connectivity index (χ3v) is 7.01. The fraction of sp³-hybridized carbons (Fsp3) is 0.185. The SMILES string of the molecule is CC(Sc1nnc2n(Cc3ccccc3)c(=O)c3ccccc3n12)C(=O)NC(C)c1ccccc1. The highest BCUT2D eigenvalue weighted by molar-refractivity contribution is 8.00. The van der Waals surface area contributed by atoms with Crippen molar-refractivity contribution in [1.82, 2.24) is 24.5 Å². The lowest BCUT2D eigenvalue weighted by atomic mass is 10.1. The van der Waals surface area contributed by atoms with Crippen LogP contribution < -0.4 is 10.9 Å². The van der Waals surface area contributed by atoms with Crippen molar-refractivity contribution < 1.29 is 4.79 Å². The van der Waals surface area contributed by atoms with Gasteiger partial charge in [0, 0.05) is 0 Å². The quantitative estimate of drug-likeness (QED) is 0.346. The molecule has 5 rings (SSSR count). The van der Waals surface area contributed by atoms with Gasteiger partial charge < -0.3 is 5.32 Å². The van der Waals surface area contributed by atoms with Crippen LogP contribution in [0.3, 0.4) is 0 Å². The molecule has 35 heavy (non-hydrogen) atoms. The molecule has 1 N–H and O–H groups in total. The average molecular weight is 484 g/mol. The van der Waals surface area contributed by atoms with E-state index in [9.17, 15) is 9.59 Å². The minimum absolute atomic E-state index is 0.0926. The fourth-order valence-corrected chi connectivity index (χ4v) is 4.95. The van der Waals surface area contributed by atoms with Gasteiger partial charge in [-0.2, -0.15) is 0 Å². The minimum Gasteiger partial charge on any atom is -0.349 e. The van der Waals surface area contributed by atoms with Crippen molar-refractivity contribution in [2.24, 2.45) is 0 Å². The number of fused-ring (bicyclic) bond motifs is 3. The molecule has 0 saturated heterocycles. The molecule has 1 amide bonds. The summed E-state index contributed by atoms with van der Waals surface area (Å²) in [6, 6.07) is 27.0. The van der Waals surface area contributed by atoms with Crippen LogP contribution in [0.1, 0.15) is 31.0 Å². The van der Waals surface area contributed by atoms with Crippen LogP contribution in [0.25, 0.3) is 16.7 Å². The number of amides is 1. The molecule has 0 bridgehead atoms. The maximum Gasteiger partial charge on any atom is 0.263 e. The monoisotopic (exact) mass is 483 g/mol. The first kappa shape index (κ1) is 22.9. The van der Waals surface area contributed by atoms with E-state index >= 15 is 0 Å². The van der Waals surface area contributed by atoms with Crippen molar-refractivity contribution in [1.29, 1.82) is 0 Å². The Bertz CT molecular complexity index is 1550. The predicted molar refractivity (Wildman–Crippen MR) is 139 cm³/mol. The number of carbonyl (C=O) groups is 1. The molecule has 0 aliphatic carbocycles. The molecule has 2 aromatic heterocycles. The van der Waals surface area contributed by atoms with E-state index in [1.54, 1.807) is 4.57 Å². The molecule has 0 saturated carbocycles. The number of nitrogens with zero attached hydrogens (tertiary/aromatic N) is 4. The Morgan fingerprint density at radius 1 is 0.914 bits per heavy atom. The molecule has 2 heterocycles. The van der Waals surface area contributed by atoms with E-state index in [0.717, 1.165) is 16.6 Å². The van der Waals surface area contributed by atoms with Gasteiger partial charge in [0.15, 0.2) is 5.16 Å². The molecule has 0 fully saturated rings. The summed E-state index contributed by atoms with van der Waals surface area (Å²) in [4.78, 5) is 26.3. The number of hydrogen-bond donors (Lipinski definition) is 1. The number of para-hydroxylation sites is 1. The predicted octanol–water partition coefficient (Wildman–Crippen LogP) is 4.45. The second-order valence-electron chi connectivity index (χ2n) is 8.41. The van der Waals surface area contributed by atoms with E-state index in [1.165, 1.54) is 11.8 Å². The van der Waals surface area contributed by atoms with Crippen LogP contribution in [0.2, 0.25) is 0 Å². The minimum atomic E-state index is -0.415. The van der Waals surface area contributed by atoms with Crippen molar-refractivity contribution >= 4 is 34.3 Å². The van der Waals surface area contributed by atoms with Crippen LogP contribution in [0.4, 0.5) is 0 Å². The van der Waals surface area contributed by atoms with Gasteiger partial charge in [0.05, 0.1) is 28.7 Å². The van der Waals surface area contributed by atoms with E-state index in [0.29, 0.717) is 22.9 Å². The summed E-state index contributed by atoms with van der Waals surface area (Å²) in [6.45, 7) is 4.19. The standard InChI is InChI=1S/C27H25N5O2S/c1-18(21-13-7-4-8-14-21)28-24(33)19(2)35-27-30-29-26-31(17-20-11-5-3-6-12-20)25(34)22-15-9-10-16-23(22)32(26)27/h3-16,18-19H,17H2,1-2H3,(H,28,33). The van der Waals surface area contributed by atoms with Gasteiger partial charge in [0.1, 0.15) is 0 Å². The molecule has 2 atom stereocenters. The van der Waals surface area contributed by atoms with Crippen LogP contribution in [-0.2, 0) is 11.3 Å². The summed E-state index contributed by atoms with van der Waals surface area (Å²) in [5.41, 5.74) is 2.63. The first-order valence-electron chi connectivity index (χ1n) is 11.5. The summed E-state index contributed by atoms with van der Waals surface area (Å²) >= 11 is 1.32. The Labute approximate surface area is 206 Å². The summed E-state index contributed by atoms with van der Waals surface area (Å²) in [6.07, 6.45) is 0. The summed E-state index contributed by atoms with van der Waals surface area (Å²) in [7, 11) is 0. The first-order valence-corrected chi connectivity index (χ1v) is 12.3. The van der Waals surface area contributed by atoms with E-state index in [2.05, 4.69) is 15.5 Å². The van der Waals surface area contributed by atoms with Crippen molar-refractivity contribution in [2.75, 3.05) is 0 Å². The lowest BCUT2D eigenvalue weighted by Crippen LogP contribution is -2.33. The van der Waals surface area contributed by atoms with E-state index in [4.69, 9.17) is 0 Å². The van der Waals surface area contributed by atoms with Gasteiger partial charge in [-0.1, -0.05) is 84.6 Å². The van der Waals surface area contributed by atoms with Gasteiger partial charge in [0.2, 0.25) is 11.7 Å². The second kappa shape index (κ2) is 9.76. The summed E-state index contributed by atoms with van der Waals surface area (Å²) in [5, 5.41) is 12.6. The topological polar surface area (TPSA) is 81.3 Å². The van der Waals surface area contributed by atoms with Crippen molar-refractivity contribution in [3.05, 3.63) is 106 Å². The molecule has 3 aromatic carbocycles. The van der Waals surface area contributed by atoms with Crippen LogP contribution in [0.5, 0.6) is 0 Å². The van der Waals surface area contributed by atoms with Crippen molar-refractivity contribution in [3.8, 4) is 0 Å². The Kier molecular flexibility index (Phi) is 6.37. The van der Waals surface area contributed by atoms with Crippen LogP contribution in [0, 0.1) is 0 Å². The molecule has 8 heteroatoms. The fourth-order valence-electron chi connectivity index (χ4n) is 4.09. The number of rotatable bonds is 7. The number of carbonyl (C=O) groups excluding carboxylic acids is 1. The molecule has 0 radical (unpaired) electrons. The van der Waals surface area contributed by atoms with Crippen molar-refractivity contribution in [2.45, 2.75) is 36.8 Å². The number of benzene rings is 3. The van der Waals surface area contributed by atoms with Crippen LogP contribution in [-0.4, -0.2) is 30.3 Å². The maximum atomic E-state index is 13.4. The zero-order valence-electron chi connectivity index (χ0n) is 19.5. The maximum absolute atomic E-state index is 13.4. The van der Waals surface area contributed by atoms with Gasteiger partial charge >= 0.3 is 0 Å². The molecular formula is C27H25N5O2S. The largest absolute Gasteiger partial charge is 0.349 e. The molecule has 7 nitrogen and oxygen atoms in total. The van der Waals surface area contributed by atoms with Crippen molar-refractivity contribution in [3.63, 3.8) is 0 Å². The highest BCUT2D eigenvalue weighted by atomic mass is 32.2. The normalized spacial score (nSPS) is 13.1. The van der Waals surface area contributed by atoms with E-state index in [1.807, 2.05) is 103 Å². The first-order chi connectivity index (χ1) is 17.0. The zero-order chi connectivity index (χ0) is 24.4. The van der Waals surface area contributed by atoms with Gasteiger partial charge in [-0.3, -0.25) is 18.6 Å². The molecule has 2 unspecified atom stereocenters. The molecule has 0 aliphatic rings. The summed E-state index contributed by atoms with van der Waals surface area (Å²) in [5.74, 6) is 0.357. The van der Waals surface area contributed by atoms with Gasteiger partial charge in [-0.25, -0.2) is 0 Å². The number of thioether (sulfide) groups is 1. The number of nitrogens with one attached hydrogen (secondary N) is 1. The summed E-state index contributed by atoms with van der Waals surface area (Å²) < 4.78 is 3.51. The lowest BCUT2D eigenvalue weighted by Gasteiger charge is -2.17. The smallest absolute Gasteiger partial charge is 0.263 e. The molecule has 0 spiro atoms. The van der Waals surface area contributed by atoms with E-state index < -0.39 is 5.25 Å². The second-order valence-corrected chi connectivity index (χ2v) is 9.72.